The normalized spacial score (nSPS) is 19.3. The molecule has 6 heteroatoms. The highest BCUT2D eigenvalue weighted by Crippen LogP contribution is 2.11. The monoisotopic (exact) mass is 318 g/mol. The predicted octanol–water partition coefficient (Wildman–Crippen LogP) is 2.29. The molecule has 23 heavy (non-hydrogen) atoms. The summed E-state index contributed by atoms with van der Waals surface area (Å²) in [6.07, 6.45) is 5.70. The second-order valence-corrected chi connectivity index (χ2v) is 5.95. The maximum Gasteiger partial charge on any atom is 0.136 e. The third-order valence-electron chi connectivity index (χ3n) is 4.30. The summed E-state index contributed by atoms with van der Waals surface area (Å²) >= 11 is 0. The lowest BCUT2D eigenvalue weighted by Gasteiger charge is -2.22. The van der Waals surface area contributed by atoms with Gasteiger partial charge in [0.25, 0.3) is 0 Å². The Balaban J connectivity index is 1.99. The molecule has 0 bridgehead atoms. The third kappa shape index (κ3) is 5.04. The zero-order valence-electron chi connectivity index (χ0n) is 13.4. The molecule has 0 aliphatic carbocycles. The third-order valence-corrected chi connectivity index (χ3v) is 4.30. The molecule has 4 N–H and O–H groups in total. The summed E-state index contributed by atoms with van der Waals surface area (Å²) in [5.41, 5.74) is 7.30. The van der Waals surface area contributed by atoms with E-state index in [0.717, 1.165) is 19.6 Å². The number of likely N-dealkylation sites (tertiary alicyclic amines) is 1. The zero-order valence-corrected chi connectivity index (χ0v) is 13.4. The lowest BCUT2D eigenvalue weighted by molar-refractivity contribution is 0.277. The van der Waals surface area contributed by atoms with E-state index in [9.17, 15) is 10.4 Å². The molecule has 1 heterocycles. The Kier molecular flexibility index (Phi) is 7.03. The molecule has 2 rings (SSSR count). The van der Waals surface area contributed by atoms with E-state index in [0.29, 0.717) is 12.0 Å². The first-order chi connectivity index (χ1) is 11.3. The van der Waals surface area contributed by atoms with Gasteiger partial charge in [-0.3, -0.25) is 0 Å². The molecule has 126 valence electrons. The number of rotatable bonds is 6. The van der Waals surface area contributed by atoms with Gasteiger partial charge in [-0.05, 0) is 38.9 Å². The van der Waals surface area contributed by atoms with E-state index in [1.165, 1.54) is 25.7 Å². The summed E-state index contributed by atoms with van der Waals surface area (Å²) in [5.74, 6) is 0. The first-order valence-electron chi connectivity index (χ1n) is 8.24. The molecule has 1 aliphatic heterocycles. The summed E-state index contributed by atoms with van der Waals surface area (Å²) in [5, 5.41) is 25.3. The van der Waals surface area contributed by atoms with Crippen LogP contribution in [0.4, 0.5) is 0 Å². The first-order valence-corrected chi connectivity index (χ1v) is 8.24. The van der Waals surface area contributed by atoms with Gasteiger partial charge in [0.05, 0.1) is 6.04 Å². The zero-order chi connectivity index (χ0) is 16.5. The minimum Gasteiger partial charge on any atom is -0.411 e. The molecule has 1 fully saturated rings. The van der Waals surface area contributed by atoms with Crippen molar-refractivity contribution in [3.63, 3.8) is 0 Å². The van der Waals surface area contributed by atoms with Crippen molar-refractivity contribution in [3.05, 3.63) is 35.9 Å². The van der Waals surface area contributed by atoms with Crippen LogP contribution < -0.4 is 5.73 Å². The molecular formula is C17H26N4O2. The smallest absolute Gasteiger partial charge is 0.136 e. The van der Waals surface area contributed by atoms with E-state index in [-0.39, 0.29) is 11.4 Å². The van der Waals surface area contributed by atoms with E-state index in [1.807, 2.05) is 18.2 Å². The van der Waals surface area contributed by atoms with Gasteiger partial charge in [0.15, 0.2) is 0 Å². The van der Waals surface area contributed by atoms with Gasteiger partial charge in [-0.1, -0.05) is 53.5 Å². The van der Waals surface area contributed by atoms with Gasteiger partial charge in [-0.15, -0.1) is 0 Å². The molecule has 1 aliphatic rings. The summed E-state index contributed by atoms with van der Waals surface area (Å²) < 4.78 is 0. The van der Waals surface area contributed by atoms with Gasteiger partial charge in [-0.25, -0.2) is 0 Å². The van der Waals surface area contributed by atoms with Crippen LogP contribution in [-0.4, -0.2) is 52.4 Å². The standard InChI is InChI=1S/C17H26N4O2/c18-15(10-13-21-11-6-1-2-7-12-21)17(20-23)16(19-22)14-8-4-3-5-9-14/h3-5,8-9,15,22-23H,1-2,6-7,10-13,18H2. The number of hydrogen-bond donors (Lipinski definition) is 3. The van der Waals surface area contributed by atoms with E-state index >= 15 is 0 Å². The molecule has 1 unspecified atom stereocenters. The number of hydrogen-bond acceptors (Lipinski definition) is 6. The fourth-order valence-corrected chi connectivity index (χ4v) is 2.97. The summed E-state index contributed by atoms with van der Waals surface area (Å²) in [6.45, 7) is 3.05. The topological polar surface area (TPSA) is 94.4 Å². The van der Waals surface area contributed by atoms with Crippen LogP contribution in [-0.2, 0) is 0 Å². The Morgan fingerprint density at radius 2 is 1.70 bits per heavy atom. The molecule has 0 radical (unpaired) electrons. The SMILES string of the molecule is NC(CCN1CCCCCC1)C(=NO)C(=NO)c1ccccc1. The number of benzene rings is 1. The quantitative estimate of drug-likeness (QED) is 0.426. The van der Waals surface area contributed by atoms with Crippen LogP contribution in [0.2, 0.25) is 0 Å². The Labute approximate surface area is 137 Å². The highest BCUT2D eigenvalue weighted by Gasteiger charge is 2.21. The van der Waals surface area contributed by atoms with Gasteiger partial charge in [0.2, 0.25) is 0 Å². The maximum atomic E-state index is 9.34. The molecule has 0 amide bonds. The molecule has 1 atom stereocenters. The van der Waals surface area contributed by atoms with Gasteiger partial charge in [-0.2, -0.15) is 0 Å². The van der Waals surface area contributed by atoms with E-state index < -0.39 is 6.04 Å². The van der Waals surface area contributed by atoms with Crippen LogP contribution in [0, 0.1) is 0 Å². The van der Waals surface area contributed by atoms with E-state index in [4.69, 9.17) is 5.73 Å². The Bertz CT molecular complexity index is 523. The Morgan fingerprint density at radius 3 is 2.26 bits per heavy atom. The first kappa shape index (κ1) is 17.4. The average Bonchev–Trinajstić information content (AvgIpc) is 2.87. The van der Waals surface area contributed by atoms with Crippen LogP contribution in [0.25, 0.3) is 0 Å². The van der Waals surface area contributed by atoms with Crippen molar-refractivity contribution in [1.82, 2.24) is 4.90 Å². The van der Waals surface area contributed by atoms with Gasteiger partial charge in [0, 0.05) is 5.56 Å². The van der Waals surface area contributed by atoms with E-state index in [1.54, 1.807) is 12.1 Å². The number of nitrogens with two attached hydrogens (primary N) is 1. The summed E-state index contributed by atoms with van der Waals surface area (Å²) in [4.78, 5) is 2.40. The van der Waals surface area contributed by atoms with Crippen LogP contribution in [0.1, 0.15) is 37.7 Å². The Morgan fingerprint density at radius 1 is 1.04 bits per heavy atom. The molecule has 6 nitrogen and oxygen atoms in total. The minimum absolute atomic E-state index is 0.216. The lowest BCUT2D eigenvalue weighted by Crippen LogP contribution is -2.40. The van der Waals surface area contributed by atoms with Gasteiger partial charge >= 0.3 is 0 Å². The second-order valence-electron chi connectivity index (χ2n) is 5.95. The largest absolute Gasteiger partial charge is 0.411 e. The van der Waals surface area contributed by atoms with Crippen molar-refractivity contribution in [2.24, 2.45) is 16.0 Å². The Hall–Kier alpha value is -1.92. The fourth-order valence-electron chi connectivity index (χ4n) is 2.97. The molecule has 0 aromatic heterocycles. The van der Waals surface area contributed by atoms with Crippen LogP contribution in [0.15, 0.2) is 40.6 Å². The number of nitrogens with zero attached hydrogens (tertiary/aromatic N) is 3. The van der Waals surface area contributed by atoms with Crippen molar-refractivity contribution >= 4 is 11.4 Å². The molecule has 1 aromatic rings. The predicted molar refractivity (Wildman–Crippen MR) is 91.5 cm³/mol. The molecule has 1 aromatic carbocycles. The molecular weight excluding hydrogens is 292 g/mol. The van der Waals surface area contributed by atoms with Gasteiger partial charge in [0.1, 0.15) is 11.4 Å². The van der Waals surface area contributed by atoms with Crippen LogP contribution in [0.3, 0.4) is 0 Å². The highest BCUT2D eigenvalue weighted by molar-refractivity contribution is 6.49. The van der Waals surface area contributed by atoms with Crippen molar-refractivity contribution in [1.29, 1.82) is 0 Å². The van der Waals surface area contributed by atoms with Gasteiger partial charge < -0.3 is 21.0 Å². The van der Waals surface area contributed by atoms with E-state index in [2.05, 4.69) is 15.2 Å². The second kappa shape index (κ2) is 9.27. The van der Waals surface area contributed by atoms with Crippen LogP contribution >= 0.6 is 0 Å². The number of oxime groups is 2. The lowest BCUT2D eigenvalue weighted by atomic mass is 9.99. The molecule has 0 spiro atoms. The minimum atomic E-state index is -0.477. The van der Waals surface area contributed by atoms with Crippen molar-refractivity contribution in [3.8, 4) is 0 Å². The molecule has 0 saturated carbocycles. The summed E-state index contributed by atoms with van der Waals surface area (Å²) in [6, 6.07) is 8.64. The van der Waals surface area contributed by atoms with Crippen molar-refractivity contribution in [2.45, 2.75) is 38.1 Å². The van der Waals surface area contributed by atoms with Crippen molar-refractivity contribution < 1.29 is 10.4 Å². The fraction of sp³-hybridized carbons (Fsp3) is 0.529. The average molecular weight is 318 g/mol. The van der Waals surface area contributed by atoms with Crippen molar-refractivity contribution in [2.75, 3.05) is 19.6 Å². The maximum absolute atomic E-state index is 9.34. The summed E-state index contributed by atoms with van der Waals surface area (Å²) in [7, 11) is 0. The highest BCUT2D eigenvalue weighted by atomic mass is 16.4. The molecule has 1 saturated heterocycles. The van der Waals surface area contributed by atoms with Crippen LogP contribution in [0.5, 0.6) is 0 Å².